The highest BCUT2D eigenvalue weighted by atomic mass is 19.4. The molecule has 0 aromatic carbocycles. The number of rotatable bonds is 6. The lowest BCUT2D eigenvalue weighted by molar-refractivity contribution is -0.353. The third-order valence-electron chi connectivity index (χ3n) is 5.55. The van der Waals surface area contributed by atoms with Crippen molar-refractivity contribution >= 4 is 17.8 Å². The fraction of sp³-hybridized carbons (Fsp3) is 0.833. The molecular formula is C18H25F3N2O5. The van der Waals surface area contributed by atoms with Crippen LogP contribution in [0.1, 0.15) is 52.9 Å². The summed E-state index contributed by atoms with van der Waals surface area (Å²) >= 11 is 0. The Labute approximate surface area is 160 Å². The van der Waals surface area contributed by atoms with Crippen LogP contribution in [0.15, 0.2) is 0 Å². The van der Waals surface area contributed by atoms with Crippen LogP contribution in [0.3, 0.4) is 0 Å². The summed E-state index contributed by atoms with van der Waals surface area (Å²) in [7, 11) is 0. The van der Waals surface area contributed by atoms with Crippen LogP contribution in [0.25, 0.3) is 0 Å². The van der Waals surface area contributed by atoms with Crippen LogP contribution in [0, 0.1) is 11.3 Å². The van der Waals surface area contributed by atoms with E-state index in [1.807, 2.05) is 0 Å². The summed E-state index contributed by atoms with van der Waals surface area (Å²) in [5.74, 6) is -1.06. The first-order valence-electron chi connectivity index (χ1n) is 9.28. The Hall–Kier alpha value is -1.84. The molecular weight excluding hydrogens is 381 g/mol. The van der Waals surface area contributed by atoms with Gasteiger partial charge in [0.05, 0.1) is 18.1 Å². The molecule has 2 N–H and O–H groups in total. The maximum atomic E-state index is 12.3. The highest BCUT2D eigenvalue weighted by Crippen LogP contribution is 2.67. The van der Waals surface area contributed by atoms with Crippen LogP contribution in [0.5, 0.6) is 0 Å². The van der Waals surface area contributed by atoms with Gasteiger partial charge < -0.3 is 15.4 Å². The molecule has 0 radical (unpaired) electrons. The lowest BCUT2D eigenvalue weighted by Crippen LogP contribution is -2.78. The number of ether oxygens (including phenoxy) is 2. The maximum Gasteiger partial charge on any atom is 0.522 e. The number of ketones is 1. The van der Waals surface area contributed by atoms with Gasteiger partial charge in [-0.2, -0.15) is 0 Å². The van der Waals surface area contributed by atoms with Crippen molar-refractivity contribution in [2.45, 2.75) is 76.5 Å². The van der Waals surface area contributed by atoms with E-state index in [9.17, 15) is 27.6 Å². The second-order valence-electron chi connectivity index (χ2n) is 9.22. The number of halogens is 3. The summed E-state index contributed by atoms with van der Waals surface area (Å²) < 4.78 is 45.3. The number of amides is 2. The molecule has 4 aliphatic rings. The van der Waals surface area contributed by atoms with Crippen molar-refractivity contribution < 1.29 is 37.0 Å². The number of carbonyl (C=O) groups excluding carboxylic acids is 3. The highest BCUT2D eigenvalue weighted by Gasteiger charge is 2.72. The zero-order chi connectivity index (χ0) is 21.0. The van der Waals surface area contributed by atoms with Gasteiger partial charge in [0.25, 0.3) is 0 Å². The Morgan fingerprint density at radius 2 is 1.64 bits per heavy atom. The highest BCUT2D eigenvalue weighted by molar-refractivity contribution is 5.92. The quantitative estimate of drug-likeness (QED) is 0.707. The Bertz CT molecular complexity index is 660. The normalized spacial score (nSPS) is 33.6. The zero-order valence-corrected chi connectivity index (χ0v) is 16.1. The lowest BCUT2D eigenvalue weighted by atomic mass is 9.39. The molecule has 28 heavy (non-hydrogen) atoms. The van der Waals surface area contributed by atoms with Crippen LogP contribution in [-0.4, -0.2) is 47.9 Å². The lowest BCUT2D eigenvalue weighted by Gasteiger charge is -2.68. The minimum absolute atomic E-state index is 0.0161. The van der Waals surface area contributed by atoms with E-state index in [2.05, 4.69) is 15.4 Å². The van der Waals surface area contributed by atoms with Crippen molar-refractivity contribution in [2.24, 2.45) is 11.3 Å². The first-order valence-corrected chi connectivity index (χ1v) is 9.28. The first-order chi connectivity index (χ1) is 12.7. The molecule has 0 spiro atoms. The Morgan fingerprint density at radius 3 is 2.14 bits per heavy atom. The molecule has 4 fully saturated rings. The van der Waals surface area contributed by atoms with Gasteiger partial charge in [-0.1, -0.05) is 0 Å². The molecule has 0 aromatic rings. The molecule has 7 nitrogen and oxygen atoms in total. The van der Waals surface area contributed by atoms with Crippen molar-refractivity contribution in [2.75, 3.05) is 6.54 Å². The van der Waals surface area contributed by atoms with Gasteiger partial charge in [-0.3, -0.25) is 14.3 Å². The molecule has 4 aliphatic carbocycles. The molecule has 4 rings (SSSR count). The van der Waals surface area contributed by atoms with Crippen molar-refractivity contribution in [3.8, 4) is 0 Å². The monoisotopic (exact) mass is 406 g/mol. The van der Waals surface area contributed by atoms with E-state index in [1.165, 1.54) is 0 Å². The summed E-state index contributed by atoms with van der Waals surface area (Å²) in [4.78, 5) is 36.2. The average Bonchev–Trinajstić information content (AvgIpc) is 2.38. The van der Waals surface area contributed by atoms with Crippen LogP contribution in [0.4, 0.5) is 18.0 Å². The molecule has 0 aliphatic heterocycles. The average molecular weight is 406 g/mol. The van der Waals surface area contributed by atoms with E-state index < -0.39 is 41.0 Å². The molecule has 0 unspecified atom stereocenters. The summed E-state index contributed by atoms with van der Waals surface area (Å²) in [5.41, 5.74) is -1.59. The van der Waals surface area contributed by atoms with Gasteiger partial charge in [0.2, 0.25) is 5.91 Å². The topological polar surface area (TPSA) is 93.7 Å². The fourth-order valence-electron chi connectivity index (χ4n) is 4.29. The summed E-state index contributed by atoms with van der Waals surface area (Å²) in [6.07, 6.45) is -4.69. The number of alkyl carbamates (subject to hydrolysis) is 1. The molecule has 2 bridgehead atoms. The number of Topliss-reactive ketones (excluding diaryl/α,β-unsaturated/α-hetero) is 1. The predicted molar refractivity (Wildman–Crippen MR) is 90.1 cm³/mol. The van der Waals surface area contributed by atoms with Crippen molar-refractivity contribution in [3.63, 3.8) is 0 Å². The van der Waals surface area contributed by atoms with Crippen molar-refractivity contribution in [1.29, 1.82) is 0 Å². The van der Waals surface area contributed by atoms with E-state index in [4.69, 9.17) is 4.74 Å². The van der Waals surface area contributed by atoms with E-state index in [0.29, 0.717) is 19.3 Å². The van der Waals surface area contributed by atoms with Gasteiger partial charge in [-0.25, -0.2) is 4.79 Å². The molecule has 0 atom stereocenters. The smallest absolute Gasteiger partial charge is 0.444 e. The van der Waals surface area contributed by atoms with E-state index in [1.54, 1.807) is 20.8 Å². The van der Waals surface area contributed by atoms with Gasteiger partial charge in [0.15, 0.2) is 5.78 Å². The maximum absolute atomic E-state index is 12.3. The first kappa shape index (κ1) is 20.9. The van der Waals surface area contributed by atoms with Gasteiger partial charge >= 0.3 is 12.5 Å². The number of alkyl halides is 3. The fourth-order valence-corrected chi connectivity index (χ4v) is 4.29. The van der Waals surface area contributed by atoms with Crippen LogP contribution < -0.4 is 10.6 Å². The van der Waals surface area contributed by atoms with E-state index in [0.717, 1.165) is 0 Å². The van der Waals surface area contributed by atoms with Gasteiger partial charge in [0.1, 0.15) is 5.60 Å². The largest absolute Gasteiger partial charge is 0.522 e. The minimum atomic E-state index is -4.69. The van der Waals surface area contributed by atoms with E-state index >= 15 is 0 Å². The number of hydrogen-bond acceptors (Lipinski definition) is 5. The predicted octanol–water partition coefficient (Wildman–Crippen LogP) is 2.43. The third-order valence-corrected chi connectivity index (χ3v) is 5.55. The SMILES string of the molecule is CC(C)(C)OC(=O)NC12CC(C(=O)NCC(=O)C3CC(OC(F)(F)F)C3)(C1)C2. The standard InChI is InChI=1S/C18H25F3N2O5/c1-15(2,3)28-14(26)23-17-7-16(8-17,9-17)13(25)22-6-12(24)10-4-11(5-10)27-18(19,20)21/h10-11H,4-9H2,1-3H3,(H,22,25)(H,23,26). The molecule has 0 aromatic heterocycles. The van der Waals surface area contributed by atoms with Crippen molar-refractivity contribution in [3.05, 3.63) is 0 Å². The summed E-state index contributed by atoms with van der Waals surface area (Å²) in [5, 5.41) is 5.39. The van der Waals surface area contributed by atoms with Gasteiger partial charge in [0, 0.05) is 11.5 Å². The number of nitrogens with one attached hydrogen (secondary N) is 2. The molecule has 4 saturated carbocycles. The Morgan fingerprint density at radius 1 is 1.07 bits per heavy atom. The molecule has 0 saturated heterocycles. The Kier molecular flexibility index (Phi) is 4.92. The van der Waals surface area contributed by atoms with Crippen LogP contribution in [0.2, 0.25) is 0 Å². The minimum Gasteiger partial charge on any atom is -0.444 e. The second kappa shape index (κ2) is 6.60. The van der Waals surface area contributed by atoms with Crippen LogP contribution in [-0.2, 0) is 19.1 Å². The summed E-state index contributed by atoms with van der Waals surface area (Å²) in [6.45, 7) is 5.09. The molecule has 2 amide bonds. The van der Waals surface area contributed by atoms with Gasteiger partial charge in [-0.15, -0.1) is 13.2 Å². The third kappa shape index (κ3) is 4.42. The second-order valence-corrected chi connectivity index (χ2v) is 9.22. The van der Waals surface area contributed by atoms with Gasteiger partial charge in [-0.05, 0) is 52.9 Å². The molecule has 0 heterocycles. The van der Waals surface area contributed by atoms with Crippen LogP contribution >= 0.6 is 0 Å². The number of carbonyl (C=O) groups is 3. The van der Waals surface area contributed by atoms with E-state index in [-0.39, 0.29) is 31.1 Å². The van der Waals surface area contributed by atoms with Crippen molar-refractivity contribution in [1.82, 2.24) is 10.6 Å². The molecule has 158 valence electrons. The molecule has 10 heteroatoms. The Balaban J connectivity index is 1.35. The zero-order valence-electron chi connectivity index (χ0n) is 16.1. The summed E-state index contributed by atoms with van der Waals surface area (Å²) in [6, 6.07) is 0. The number of hydrogen-bond donors (Lipinski definition) is 2.